The number of nitro groups is 1. The standard InChI is InChI=1S/C14H10ClNO7S/c1-24(21,22)9-3-5-13(11(15)7-9)23-8-2-4-12(16(19)20)10(6-8)14(17)18/h2-7H,1H3,(H,17,18). The zero-order chi connectivity index (χ0) is 18.1. The van der Waals surface area contributed by atoms with Crippen LogP contribution in [0, 0.1) is 10.1 Å². The quantitative estimate of drug-likeness (QED) is 0.632. The van der Waals surface area contributed by atoms with Crippen LogP contribution in [0.2, 0.25) is 5.02 Å². The number of carboxylic acid groups (broad SMARTS) is 1. The Morgan fingerprint density at radius 2 is 1.92 bits per heavy atom. The Morgan fingerprint density at radius 3 is 2.42 bits per heavy atom. The molecule has 0 amide bonds. The Bertz CT molecular complexity index is 940. The van der Waals surface area contributed by atoms with Gasteiger partial charge in [0.25, 0.3) is 5.69 Å². The lowest BCUT2D eigenvalue weighted by atomic mass is 10.1. The second-order valence-corrected chi connectivity index (χ2v) is 7.13. The maximum Gasteiger partial charge on any atom is 0.342 e. The van der Waals surface area contributed by atoms with E-state index >= 15 is 0 Å². The topological polar surface area (TPSA) is 124 Å². The van der Waals surface area contributed by atoms with Crippen LogP contribution < -0.4 is 4.74 Å². The van der Waals surface area contributed by atoms with Crippen LogP contribution in [0.4, 0.5) is 5.69 Å². The number of sulfone groups is 1. The third kappa shape index (κ3) is 3.81. The van der Waals surface area contributed by atoms with Gasteiger partial charge in [-0.15, -0.1) is 0 Å². The van der Waals surface area contributed by atoms with Gasteiger partial charge < -0.3 is 9.84 Å². The van der Waals surface area contributed by atoms with Gasteiger partial charge in [-0.05, 0) is 24.3 Å². The molecule has 1 N–H and O–H groups in total. The molecule has 0 aromatic heterocycles. The first-order valence-electron chi connectivity index (χ1n) is 6.29. The number of ether oxygens (including phenoxy) is 1. The van der Waals surface area contributed by atoms with Crippen molar-refractivity contribution in [3.8, 4) is 11.5 Å². The van der Waals surface area contributed by atoms with Gasteiger partial charge in [0.15, 0.2) is 9.84 Å². The lowest BCUT2D eigenvalue weighted by Gasteiger charge is -2.09. The van der Waals surface area contributed by atoms with Crippen molar-refractivity contribution in [2.45, 2.75) is 4.90 Å². The summed E-state index contributed by atoms with van der Waals surface area (Å²) in [6.07, 6.45) is 1.02. The summed E-state index contributed by atoms with van der Waals surface area (Å²) in [5, 5.41) is 19.8. The minimum Gasteiger partial charge on any atom is -0.477 e. The first-order valence-corrected chi connectivity index (χ1v) is 8.55. The lowest BCUT2D eigenvalue weighted by Crippen LogP contribution is -2.03. The molecule has 0 atom stereocenters. The highest BCUT2D eigenvalue weighted by atomic mass is 35.5. The van der Waals surface area contributed by atoms with Gasteiger partial charge >= 0.3 is 5.97 Å². The molecule has 0 radical (unpaired) electrons. The largest absolute Gasteiger partial charge is 0.477 e. The molecular formula is C14H10ClNO7S. The molecule has 8 nitrogen and oxygen atoms in total. The van der Waals surface area contributed by atoms with Crippen LogP contribution in [-0.2, 0) is 9.84 Å². The van der Waals surface area contributed by atoms with Gasteiger partial charge in [-0.3, -0.25) is 10.1 Å². The summed E-state index contributed by atoms with van der Waals surface area (Å²) < 4.78 is 28.3. The summed E-state index contributed by atoms with van der Waals surface area (Å²) in [5.74, 6) is -1.40. The molecule has 0 fully saturated rings. The highest BCUT2D eigenvalue weighted by Crippen LogP contribution is 2.33. The fourth-order valence-corrected chi connectivity index (χ4v) is 2.76. The number of nitrogens with zero attached hydrogens (tertiary/aromatic N) is 1. The van der Waals surface area contributed by atoms with Gasteiger partial charge in [0.05, 0.1) is 14.8 Å². The Morgan fingerprint density at radius 1 is 1.25 bits per heavy atom. The zero-order valence-electron chi connectivity index (χ0n) is 12.1. The van der Waals surface area contributed by atoms with E-state index in [1.165, 1.54) is 24.3 Å². The first kappa shape index (κ1) is 17.7. The summed E-state index contributed by atoms with van der Waals surface area (Å²) in [4.78, 5) is 21.1. The van der Waals surface area contributed by atoms with E-state index in [1.807, 2.05) is 0 Å². The van der Waals surface area contributed by atoms with Gasteiger partial charge in [-0.25, -0.2) is 13.2 Å². The summed E-state index contributed by atoms with van der Waals surface area (Å²) >= 11 is 5.96. The number of nitro benzene ring substituents is 1. The predicted octanol–water partition coefficient (Wildman–Crippen LogP) is 3.14. The Balaban J connectivity index is 2.40. The van der Waals surface area contributed by atoms with E-state index in [9.17, 15) is 23.3 Å². The van der Waals surface area contributed by atoms with E-state index < -0.39 is 32.0 Å². The third-order valence-corrected chi connectivity index (χ3v) is 4.36. The van der Waals surface area contributed by atoms with Crippen molar-refractivity contribution in [2.75, 3.05) is 6.26 Å². The third-order valence-electron chi connectivity index (χ3n) is 2.95. The number of hydrogen-bond acceptors (Lipinski definition) is 6. The maximum absolute atomic E-state index is 11.4. The number of benzene rings is 2. The van der Waals surface area contributed by atoms with E-state index in [1.54, 1.807) is 0 Å². The van der Waals surface area contributed by atoms with Gasteiger partial charge in [-0.1, -0.05) is 11.6 Å². The van der Waals surface area contributed by atoms with Gasteiger partial charge in [-0.2, -0.15) is 0 Å². The molecular weight excluding hydrogens is 362 g/mol. The average molecular weight is 372 g/mol. The van der Waals surface area contributed by atoms with Crippen LogP contribution in [0.1, 0.15) is 10.4 Å². The van der Waals surface area contributed by atoms with Gasteiger partial charge in [0, 0.05) is 18.4 Å². The molecule has 0 saturated heterocycles. The molecule has 10 heteroatoms. The number of aromatic carboxylic acids is 1. The van der Waals surface area contributed by atoms with E-state index in [4.69, 9.17) is 21.4 Å². The molecule has 2 aromatic carbocycles. The Labute approximate surface area is 141 Å². The molecule has 2 rings (SSSR count). The van der Waals surface area contributed by atoms with Crippen LogP contribution in [-0.4, -0.2) is 30.7 Å². The molecule has 0 aliphatic heterocycles. The normalized spacial score (nSPS) is 11.1. The first-order chi connectivity index (χ1) is 11.1. The van der Waals surface area contributed by atoms with Crippen molar-refractivity contribution in [1.82, 2.24) is 0 Å². The Hall–Kier alpha value is -2.65. The fraction of sp³-hybridized carbons (Fsp3) is 0.0714. The molecule has 0 aliphatic rings. The van der Waals surface area contributed by atoms with Crippen LogP contribution in [0.15, 0.2) is 41.3 Å². The number of rotatable bonds is 5. The highest BCUT2D eigenvalue weighted by Gasteiger charge is 2.21. The summed E-state index contributed by atoms with van der Waals surface area (Å²) in [6.45, 7) is 0. The van der Waals surface area contributed by atoms with Crippen LogP contribution in [0.25, 0.3) is 0 Å². The number of carbonyl (C=O) groups is 1. The molecule has 24 heavy (non-hydrogen) atoms. The number of halogens is 1. The maximum atomic E-state index is 11.4. The van der Waals surface area contributed by atoms with Crippen molar-refractivity contribution in [2.24, 2.45) is 0 Å². The van der Waals surface area contributed by atoms with E-state index in [0.717, 1.165) is 18.4 Å². The van der Waals surface area contributed by atoms with Crippen molar-refractivity contribution in [1.29, 1.82) is 0 Å². The second kappa shape index (κ2) is 6.46. The minimum atomic E-state index is -3.44. The van der Waals surface area contributed by atoms with Gasteiger partial charge in [0.1, 0.15) is 17.1 Å². The monoisotopic (exact) mass is 371 g/mol. The fourth-order valence-electron chi connectivity index (χ4n) is 1.83. The molecule has 0 unspecified atom stereocenters. The summed E-state index contributed by atoms with van der Waals surface area (Å²) in [7, 11) is -3.44. The van der Waals surface area contributed by atoms with Crippen LogP contribution in [0.5, 0.6) is 11.5 Å². The lowest BCUT2D eigenvalue weighted by molar-refractivity contribution is -0.385. The SMILES string of the molecule is CS(=O)(=O)c1ccc(Oc2ccc([N+](=O)[O-])c(C(=O)O)c2)c(Cl)c1. The second-order valence-electron chi connectivity index (χ2n) is 4.71. The van der Waals surface area contributed by atoms with E-state index in [0.29, 0.717) is 0 Å². The average Bonchev–Trinajstić information content (AvgIpc) is 2.47. The molecule has 0 saturated carbocycles. The van der Waals surface area contributed by atoms with Crippen molar-refractivity contribution >= 4 is 33.1 Å². The molecule has 0 aliphatic carbocycles. The summed E-state index contributed by atoms with van der Waals surface area (Å²) in [6, 6.07) is 6.97. The molecule has 0 spiro atoms. The Kier molecular flexibility index (Phi) is 4.76. The highest BCUT2D eigenvalue weighted by molar-refractivity contribution is 7.90. The van der Waals surface area contributed by atoms with Gasteiger partial charge in [0.2, 0.25) is 0 Å². The zero-order valence-corrected chi connectivity index (χ0v) is 13.7. The number of hydrogen-bond donors (Lipinski definition) is 1. The van der Waals surface area contributed by atoms with E-state index in [2.05, 4.69) is 0 Å². The molecule has 126 valence electrons. The molecule has 0 heterocycles. The molecule has 0 bridgehead atoms. The van der Waals surface area contributed by atoms with Crippen LogP contribution >= 0.6 is 11.6 Å². The van der Waals surface area contributed by atoms with Crippen molar-refractivity contribution in [3.05, 3.63) is 57.1 Å². The van der Waals surface area contributed by atoms with Crippen molar-refractivity contribution < 1.29 is 28.0 Å². The molecule has 2 aromatic rings. The smallest absolute Gasteiger partial charge is 0.342 e. The van der Waals surface area contributed by atoms with Crippen LogP contribution in [0.3, 0.4) is 0 Å². The van der Waals surface area contributed by atoms with E-state index in [-0.39, 0.29) is 21.4 Å². The summed E-state index contributed by atoms with van der Waals surface area (Å²) in [5.41, 5.74) is -1.12. The predicted molar refractivity (Wildman–Crippen MR) is 84.7 cm³/mol. The minimum absolute atomic E-state index is 0.00484. The van der Waals surface area contributed by atoms with Crippen molar-refractivity contribution in [3.63, 3.8) is 0 Å². The number of carboxylic acids is 1.